The molecule has 264 valence electrons. The summed E-state index contributed by atoms with van der Waals surface area (Å²) in [5.74, 6) is -0.577. The number of anilines is 1. The second kappa shape index (κ2) is 11.2. The Kier molecular flexibility index (Phi) is 7.93. The maximum absolute atomic E-state index is 14.6. The molecule has 1 aliphatic heterocycles. The number of alkyl halides is 6. The van der Waals surface area contributed by atoms with Crippen molar-refractivity contribution in [3.8, 4) is 0 Å². The van der Waals surface area contributed by atoms with E-state index in [1.165, 1.54) is 46.1 Å². The minimum Gasteiger partial charge on any atom is -0.443 e. The molecule has 2 aliphatic carbocycles. The Morgan fingerprint density at radius 2 is 1.73 bits per heavy atom. The third-order valence-corrected chi connectivity index (χ3v) is 10.1. The minimum absolute atomic E-state index is 0.0859. The Balaban J connectivity index is 1.35. The number of rotatable bonds is 6. The zero-order valence-electron chi connectivity index (χ0n) is 27.7. The van der Waals surface area contributed by atoms with E-state index < -0.39 is 71.5 Å². The number of carbonyl (C=O) groups is 2. The number of aliphatic hydroxyl groups is 1. The van der Waals surface area contributed by atoms with Crippen molar-refractivity contribution >= 4 is 17.7 Å². The van der Waals surface area contributed by atoms with Crippen molar-refractivity contribution in [2.75, 3.05) is 4.90 Å². The molecule has 0 saturated heterocycles. The third-order valence-electron chi connectivity index (χ3n) is 10.1. The predicted octanol–water partition coefficient (Wildman–Crippen LogP) is 7.05. The van der Waals surface area contributed by atoms with E-state index >= 15 is 0 Å². The summed E-state index contributed by atoms with van der Waals surface area (Å²) >= 11 is 0. The van der Waals surface area contributed by atoms with E-state index in [9.17, 15) is 41.0 Å². The van der Waals surface area contributed by atoms with Crippen LogP contribution in [0.15, 0.2) is 42.7 Å². The molecule has 1 aromatic heterocycles. The molecule has 6 rings (SSSR count). The van der Waals surface area contributed by atoms with Gasteiger partial charge < -0.3 is 19.3 Å². The second-order valence-electron chi connectivity index (χ2n) is 14.8. The van der Waals surface area contributed by atoms with Crippen LogP contribution in [0.5, 0.6) is 0 Å². The molecular formula is C34H37F6N5O4. The van der Waals surface area contributed by atoms with Gasteiger partial charge in [0, 0.05) is 43.2 Å². The fourth-order valence-electron chi connectivity index (χ4n) is 7.15. The Bertz CT molecular complexity index is 1800. The minimum atomic E-state index is -4.92. The van der Waals surface area contributed by atoms with Crippen molar-refractivity contribution in [2.24, 2.45) is 7.05 Å². The van der Waals surface area contributed by atoms with Crippen molar-refractivity contribution in [2.45, 2.75) is 107 Å². The van der Waals surface area contributed by atoms with E-state index in [-0.39, 0.29) is 40.3 Å². The summed E-state index contributed by atoms with van der Waals surface area (Å²) in [6.45, 7) is 6.33. The summed E-state index contributed by atoms with van der Waals surface area (Å²) in [6.07, 6.45) is -8.37. The number of aromatic nitrogens is 3. The van der Waals surface area contributed by atoms with Gasteiger partial charge in [-0.05, 0) is 87.9 Å². The van der Waals surface area contributed by atoms with Crippen LogP contribution in [0.3, 0.4) is 0 Å². The molecule has 2 fully saturated rings. The van der Waals surface area contributed by atoms with Crippen LogP contribution in [0.1, 0.15) is 98.2 Å². The normalized spacial score (nSPS) is 23.5. The zero-order chi connectivity index (χ0) is 35.9. The molecular weight excluding hydrogens is 656 g/mol. The average molecular weight is 694 g/mol. The van der Waals surface area contributed by atoms with Crippen LogP contribution in [0.25, 0.3) is 0 Å². The molecule has 2 aromatic carbocycles. The number of halogens is 6. The number of aryl methyl sites for hydroxylation is 1. The summed E-state index contributed by atoms with van der Waals surface area (Å²) < 4.78 is 92.2. The van der Waals surface area contributed by atoms with Gasteiger partial charge in [-0.1, -0.05) is 12.1 Å². The lowest BCUT2D eigenvalue weighted by atomic mass is 9.55. The number of carbonyl (C=O) groups excluding carboxylic acids is 2. The van der Waals surface area contributed by atoms with E-state index in [1.807, 2.05) is 6.92 Å². The number of amides is 2. The predicted molar refractivity (Wildman–Crippen MR) is 164 cm³/mol. The maximum atomic E-state index is 14.6. The summed E-state index contributed by atoms with van der Waals surface area (Å²) in [4.78, 5) is 29.6. The van der Waals surface area contributed by atoms with Crippen molar-refractivity contribution in [3.63, 3.8) is 0 Å². The van der Waals surface area contributed by atoms with Crippen LogP contribution in [0.4, 0.5) is 36.8 Å². The maximum Gasteiger partial charge on any atom is 0.417 e. The number of hydrogen-bond acceptors (Lipinski definition) is 6. The van der Waals surface area contributed by atoms with Crippen LogP contribution < -0.4 is 4.90 Å². The number of benzene rings is 2. The largest absolute Gasteiger partial charge is 0.443 e. The van der Waals surface area contributed by atoms with Gasteiger partial charge >= 0.3 is 18.4 Å². The third kappa shape index (κ3) is 5.93. The first-order valence-corrected chi connectivity index (χ1v) is 15.9. The Morgan fingerprint density at radius 1 is 1.06 bits per heavy atom. The molecule has 2 amide bonds. The molecule has 2 heterocycles. The topological polar surface area (TPSA) is 101 Å². The van der Waals surface area contributed by atoms with E-state index in [0.717, 1.165) is 17.4 Å². The molecule has 3 aromatic rings. The number of nitrogens with zero attached hydrogens (tertiary/aromatic N) is 5. The van der Waals surface area contributed by atoms with E-state index in [1.54, 1.807) is 27.8 Å². The fourth-order valence-corrected chi connectivity index (χ4v) is 7.15. The van der Waals surface area contributed by atoms with Crippen molar-refractivity contribution in [1.29, 1.82) is 0 Å². The van der Waals surface area contributed by atoms with Crippen LogP contribution in [-0.2, 0) is 36.5 Å². The fraction of sp³-hybridized carbons (Fsp3) is 0.529. The van der Waals surface area contributed by atoms with E-state index in [4.69, 9.17) is 4.74 Å². The van der Waals surface area contributed by atoms with Gasteiger partial charge in [0.2, 0.25) is 0 Å². The highest BCUT2D eigenvalue weighted by molar-refractivity contribution is 6.10. The lowest BCUT2D eigenvalue weighted by Gasteiger charge is -2.53. The number of ether oxygens (including phenoxy) is 1. The molecule has 9 nitrogen and oxygen atoms in total. The van der Waals surface area contributed by atoms with E-state index in [2.05, 4.69) is 10.2 Å². The van der Waals surface area contributed by atoms with Crippen molar-refractivity contribution in [1.82, 2.24) is 19.7 Å². The molecule has 0 unspecified atom stereocenters. The molecule has 49 heavy (non-hydrogen) atoms. The first-order valence-electron chi connectivity index (χ1n) is 15.9. The average Bonchev–Trinajstić information content (AvgIpc) is 3.54. The highest BCUT2D eigenvalue weighted by Gasteiger charge is 2.69. The molecule has 2 saturated carbocycles. The van der Waals surface area contributed by atoms with E-state index in [0.29, 0.717) is 12.8 Å². The number of hydrogen-bond donors (Lipinski definition) is 1. The van der Waals surface area contributed by atoms with Gasteiger partial charge in [0.15, 0.2) is 5.60 Å². The summed E-state index contributed by atoms with van der Waals surface area (Å²) in [5.41, 5.74) is -6.84. The Labute approximate surface area is 278 Å². The highest BCUT2D eigenvalue weighted by Crippen LogP contribution is 2.59. The Morgan fingerprint density at radius 3 is 2.27 bits per heavy atom. The molecule has 0 spiro atoms. The van der Waals surface area contributed by atoms with Crippen LogP contribution >= 0.6 is 0 Å². The molecule has 0 bridgehead atoms. The molecule has 1 N–H and O–H groups in total. The van der Waals surface area contributed by atoms with Crippen LogP contribution in [0, 0.1) is 0 Å². The first-order chi connectivity index (χ1) is 22.6. The standard InChI is InChI=1S/C34H37F6N5O4/c1-29(2,3)45(28(47)49-30(4)10-7-11-30)15-20-12-23-24(25(13-20)33(35,36)37)16-44(26(23)46)22-9-6-8-21(14-22)31(27-42-41-19-43(27)5)17-32(48,18-31)34(38,39)40/h6,8-9,12-14,19,48H,7,10-11,15-18H2,1-5H3. The monoisotopic (exact) mass is 693 g/mol. The van der Waals surface area contributed by atoms with Crippen molar-refractivity contribution in [3.05, 3.63) is 76.4 Å². The van der Waals surface area contributed by atoms with Gasteiger partial charge in [0.25, 0.3) is 5.91 Å². The highest BCUT2D eigenvalue weighted by atomic mass is 19.4. The lowest BCUT2D eigenvalue weighted by Crippen LogP contribution is -2.63. The summed E-state index contributed by atoms with van der Waals surface area (Å²) in [5, 5.41) is 18.3. The summed E-state index contributed by atoms with van der Waals surface area (Å²) in [7, 11) is 1.55. The molecule has 0 atom stereocenters. The van der Waals surface area contributed by atoms with Gasteiger partial charge in [-0.3, -0.25) is 9.69 Å². The van der Waals surface area contributed by atoms with Gasteiger partial charge in [-0.15, -0.1) is 10.2 Å². The quantitative estimate of drug-likeness (QED) is 0.278. The molecule has 15 heteroatoms. The summed E-state index contributed by atoms with van der Waals surface area (Å²) in [6, 6.07) is 8.25. The lowest BCUT2D eigenvalue weighted by molar-refractivity contribution is -0.301. The SMILES string of the molecule is Cn1cnnc1C1(c2cccc(N3Cc4c(cc(CN(C(=O)OC5(C)CCC5)C(C)(C)C)cc4C(F)(F)F)C3=O)c2)CC(O)(C(F)(F)F)C1. The van der Waals surface area contributed by atoms with Crippen molar-refractivity contribution < 1.29 is 45.8 Å². The van der Waals surface area contributed by atoms with Gasteiger partial charge in [0.05, 0.1) is 17.5 Å². The number of fused-ring (bicyclic) bond motifs is 1. The molecule has 0 radical (unpaired) electrons. The molecule has 3 aliphatic rings. The van der Waals surface area contributed by atoms with Gasteiger partial charge in [-0.25, -0.2) is 4.79 Å². The van der Waals surface area contributed by atoms with Gasteiger partial charge in [0.1, 0.15) is 17.8 Å². The zero-order valence-corrected chi connectivity index (χ0v) is 27.7. The van der Waals surface area contributed by atoms with Gasteiger partial charge in [-0.2, -0.15) is 26.3 Å². The van der Waals surface area contributed by atoms with Crippen LogP contribution in [0.2, 0.25) is 0 Å². The Hall–Kier alpha value is -4.14. The smallest absolute Gasteiger partial charge is 0.417 e. The first kappa shape index (κ1) is 34.7. The van der Waals surface area contributed by atoms with Crippen LogP contribution in [-0.4, -0.2) is 59.7 Å². The second-order valence-corrected chi connectivity index (χ2v) is 14.8.